The molecule has 0 saturated carbocycles. The summed E-state index contributed by atoms with van der Waals surface area (Å²) in [5.74, 6) is 0. The summed E-state index contributed by atoms with van der Waals surface area (Å²) in [7, 11) is 0. The van der Waals surface area contributed by atoms with E-state index in [0.717, 1.165) is 4.31 Å². The van der Waals surface area contributed by atoms with Gasteiger partial charge in [0.1, 0.15) is 0 Å². The van der Waals surface area contributed by atoms with Gasteiger partial charge in [-0.2, -0.15) is 0 Å². The Labute approximate surface area is 79.8 Å². The Morgan fingerprint density at radius 1 is 1.00 bits per heavy atom. The van der Waals surface area contributed by atoms with Gasteiger partial charge in [0.15, 0.2) is 0 Å². The van der Waals surface area contributed by atoms with Gasteiger partial charge in [-0.3, -0.25) is 0 Å². The molecule has 4 atom stereocenters. The van der Waals surface area contributed by atoms with Gasteiger partial charge in [0, 0.05) is 0 Å². The van der Waals surface area contributed by atoms with Gasteiger partial charge >= 0.3 is 79.7 Å². The Kier molecular flexibility index (Phi) is 0.130. The molecule has 10 aliphatic rings. The molecule has 0 aromatic rings. The van der Waals surface area contributed by atoms with Crippen molar-refractivity contribution in [2.45, 2.75) is 61.0 Å². The first kappa shape index (κ1) is 5.27. The third-order valence-electron chi connectivity index (χ3n) is 15.6. The molecule has 1 spiro atoms. The van der Waals surface area contributed by atoms with E-state index in [0.29, 0.717) is 0 Å². The predicted octanol–water partition coefficient (Wildman–Crippen LogP) is 4.71. The van der Waals surface area contributed by atoms with Crippen LogP contribution in [0.5, 0.6) is 0 Å². The van der Waals surface area contributed by atoms with Crippen LogP contribution in [0, 0.1) is 0 Å². The van der Waals surface area contributed by atoms with Gasteiger partial charge in [-0.05, 0) is 0 Å². The van der Waals surface area contributed by atoms with Crippen LogP contribution in [0.15, 0.2) is 12.2 Å². The molecule has 10 aliphatic heterocycles. The van der Waals surface area contributed by atoms with E-state index in [9.17, 15) is 0 Å². The van der Waals surface area contributed by atoms with Crippen LogP contribution in [0.4, 0.5) is 0 Å². The Balaban J connectivity index is 1.74. The minimum atomic E-state index is -2.66. The second-order valence-electron chi connectivity index (χ2n) is 11.0. The fourth-order valence-corrected chi connectivity index (χ4v) is 92.6. The van der Waals surface area contributed by atoms with E-state index < -0.39 is 6.51 Å². The first-order valence-corrected chi connectivity index (χ1v) is 13.1. The summed E-state index contributed by atoms with van der Waals surface area (Å²) in [6.45, 7) is 3.95. The van der Waals surface area contributed by atoms with E-state index in [1.807, 2.05) is 0 Å². The number of fused-ring (bicyclic) bond motifs is 10. The summed E-state index contributed by atoms with van der Waals surface area (Å²) in [5.41, 5.74) is 1.56. The number of rotatable bonds is 2. The van der Waals surface area contributed by atoms with Gasteiger partial charge < -0.3 is 0 Å². The van der Waals surface area contributed by atoms with Gasteiger partial charge in [0.05, 0.1) is 0 Å². The number of hydrogen-bond acceptors (Lipinski definition) is 0. The van der Waals surface area contributed by atoms with E-state index in [-0.39, 0.29) is 0 Å². The molecule has 80 valence electrons. The van der Waals surface area contributed by atoms with Crippen molar-refractivity contribution in [2.75, 3.05) is 0 Å². The second kappa shape index (κ2) is 0.370. The van der Waals surface area contributed by atoms with Crippen LogP contribution < -0.4 is 0 Å². The van der Waals surface area contributed by atoms with E-state index in [2.05, 4.69) is 13.5 Å². The molecular weight excluding hydrogens is 224 g/mol. The third kappa shape index (κ3) is 0.0450. The Hall–Kier alpha value is 0.259. The standard InChI is InChI=1S/C9H11.C5H5.Fe/c1-8(2)7-9-5-3-4-6-9;1-2-4-5-3-1;/h3-6H,1,7H2,2H3;1-5H;. The topological polar surface area (TPSA) is 0 Å². The maximum atomic E-state index is 4.29. The predicted molar refractivity (Wildman–Crippen MR) is 55.9 cm³/mol. The SMILES string of the molecule is C=C(C)C[C]12[CH]3[CH]4[CH]5[CH]1[Fe]45321678[CH]2[CH]1[CH]6[CH]7[CH]28. The van der Waals surface area contributed by atoms with E-state index in [1.165, 1.54) is 43.3 Å². The van der Waals surface area contributed by atoms with Crippen molar-refractivity contribution in [3.8, 4) is 0 Å². The zero-order valence-electron chi connectivity index (χ0n) is 8.96. The molecule has 15 heavy (non-hydrogen) atoms. The molecule has 10 rings (SSSR count). The summed E-state index contributed by atoms with van der Waals surface area (Å²) in [5, 5.41) is 0. The van der Waals surface area contributed by atoms with Crippen molar-refractivity contribution in [2.24, 2.45) is 0 Å². The molecule has 0 aromatic heterocycles. The van der Waals surface area contributed by atoms with Crippen LogP contribution in [0.2, 0.25) is 47.7 Å². The monoisotopic (exact) mass is 240 g/mol. The first-order chi connectivity index (χ1) is 6.96. The minimum absolute atomic E-state index is 1.12. The van der Waals surface area contributed by atoms with Crippen molar-refractivity contribution < 1.29 is 6.51 Å². The van der Waals surface area contributed by atoms with Crippen molar-refractivity contribution in [3.05, 3.63) is 12.2 Å². The molecule has 0 aromatic carbocycles. The Morgan fingerprint density at radius 2 is 1.47 bits per heavy atom. The van der Waals surface area contributed by atoms with Crippen molar-refractivity contribution >= 4 is 0 Å². The molecular formula is C14H16Fe. The summed E-state index contributed by atoms with van der Waals surface area (Å²) in [4.78, 5) is 13.5. The van der Waals surface area contributed by atoms with Crippen molar-refractivity contribution in [3.63, 3.8) is 0 Å². The van der Waals surface area contributed by atoms with Gasteiger partial charge in [-0.1, -0.05) is 0 Å². The molecule has 1 heteroatoms. The van der Waals surface area contributed by atoms with Crippen LogP contribution in [0.25, 0.3) is 0 Å². The molecule has 10 heterocycles. The molecule has 0 nitrogen and oxygen atoms in total. The van der Waals surface area contributed by atoms with Crippen molar-refractivity contribution in [1.82, 2.24) is 0 Å². The molecule has 10 fully saturated rings. The third-order valence-corrected chi connectivity index (χ3v) is 58.5. The fraction of sp³-hybridized carbons (Fsp3) is 0.857. The van der Waals surface area contributed by atoms with Gasteiger partial charge in [0.2, 0.25) is 0 Å². The molecule has 4 unspecified atom stereocenters. The summed E-state index contributed by atoms with van der Waals surface area (Å²) >= 11 is 0. The molecule has 0 amide bonds. The van der Waals surface area contributed by atoms with Crippen LogP contribution in [-0.2, 0) is 6.51 Å². The fourth-order valence-electron chi connectivity index (χ4n) is 17.6. The zero-order valence-corrected chi connectivity index (χ0v) is 10.1. The van der Waals surface area contributed by atoms with Crippen LogP contribution in [-0.4, -0.2) is 0 Å². The number of hydrogen-bond donors (Lipinski definition) is 0. The summed E-state index contributed by atoms with van der Waals surface area (Å²) < 4.78 is 1.12. The number of allylic oxidation sites excluding steroid dienone is 1. The van der Waals surface area contributed by atoms with E-state index >= 15 is 0 Å². The molecule has 0 bridgehead atoms. The van der Waals surface area contributed by atoms with Gasteiger partial charge in [0.25, 0.3) is 0 Å². The van der Waals surface area contributed by atoms with Crippen LogP contribution >= 0.6 is 0 Å². The quantitative estimate of drug-likeness (QED) is 0.484. The van der Waals surface area contributed by atoms with Crippen LogP contribution in [0.3, 0.4) is 0 Å². The molecule has 10 saturated heterocycles. The Bertz CT molecular complexity index is 855. The summed E-state index contributed by atoms with van der Waals surface area (Å²) in [6.07, 6.45) is 1.54. The average Bonchev–Trinajstić information content (AvgIpc) is 3.12. The summed E-state index contributed by atoms with van der Waals surface area (Å²) in [6, 6.07) is 0. The van der Waals surface area contributed by atoms with Crippen molar-refractivity contribution in [1.29, 1.82) is 0 Å². The van der Waals surface area contributed by atoms with Gasteiger partial charge in [-0.25, -0.2) is 0 Å². The zero-order chi connectivity index (χ0) is 9.30. The normalized spacial score (nSPS) is 133. The molecule has 0 radical (unpaired) electrons. The maximum absolute atomic E-state index is 4.29. The van der Waals surface area contributed by atoms with E-state index in [1.54, 1.807) is 12.0 Å². The molecule has 0 N–H and O–H groups in total. The molecule has 0 aliphatic carbocycles. The Morgan fingerprint density at radius 3 is 1.67 bits per heavy atom. The second-order valence-corrected chi connectivity index (χ2v) is 34.6. The van der Waals surface area contributed by atoms with Gasteiger partial charge in [-0.15, -0.1) is 0 Å². The van der Waals surface area contributed by atoms with E-state index in [4.69, 9.17) is 0 Å². The van der Waals surface area contributed by atoms with Crippen LogP contribution in [0.1, 0.15) is 13.3 Å². The average molecular weight is 240 g/mol. The first-order valence-electron chi connectivity index (χ1n) is 6.82.